The zero-order chi connectivity index (χ0) is 27.0. The minimum Gasteiger partial charge on any atom is -0.365 e. The van der Waals surface area contributed by atoms with E-state index in [0.717, 1.165) is 12.8 Å². The van der Waals surface area contributed by atoms with E-state index >= 15 is 0 Å². The maximum Gasteiger partial charge on any atom is 0.260 e. The highest BCUT2D eigenvalue weighted by Gasteiger charge is 2.24. The number of aliphatic hydroxyl groups excluding tert-OH is 1. The van der Waals surface area contributed by atoms with E-state index in [0.29, 0.717) is 33.9 Å². The number of nitrogens with zero attached hydrogens (tertiary/aromatic N) is 4. The fourth-order valence-electron chi connectivity index (χ4n) is 4.01. The lowest BCUT2D eigenvalue weighted by Gasteiger charge is -2.28. The number of aromatic nitrogens is 2. The molecule has 0 bridgehead atoms. The van der Waals surface area contributed by atoms with Gasteiger partial charge in [-0.05, 0) is 64.0 Å². The first-order valence-electron chi connectivity index (χ1n) is 12.2. The van der Waals surface area contributed by atoms with Gasteiger partial charge in [0.1, 0.15) is 11.6 Å². The number of hydrogen-bond acceptors (Lipinski definition) is 6. The Balaban J connectivity index is 2.47. The number of halogens is 2. The monoisotopic (exact) mass is 535 g/mol. The Bertz CT molecular complexity index is 1080. The summed E-state index contributed by atoms with van der Waals surface area (Å²) >= 11 is 12.3. The second-order valence-electron chi connectivity index (χ2n) is 9.32. The third-order valence-electron chi connectivity index (χ3n) is 6.20. The predicted octanol–water partition coefficient (Wildman–Crippen LogP) is 4.97. The minimum atomic E-state index is -0.721. The molecule has 1 heterocycles. The lowest BCUT2D eigenvalue weighted by atomic mass is 9.92. The van der Waals surface area contributed by atoms with E-state index in [-0.39, 0.29) is 23.4 Å². The molecule has 0 saturated carbocycles. The van der Waals surface area contributed by atoms with Gasteiger partial charge in [0.25, 0.3) is 5.56 Å². The highest BCUT2D eigenvalue weighted by Crippen LogP contribution is 2.29. The maximum absolute atomic E-state index is 13.5. The van der Waals surface area contributed by atoms with Crippen molar-refractivity contribution in [1.82, 2.24) is 19.8 Å². The Hall–Kier alpha value is -2.16. The summed E-state index contributed by atoms with van der Waals surface area (Å²) in [4.78, 5) is 22.1. The van der Waals surface area contributed by atoms with Crippen LogP contribution in [0.5, 0.6) is 0 Å². The van der Waals surface area contributed by atoms with Gasteiger partial charge in [-0.15, -0.1) is 6.58 Å². The third kappa shape index (κ3) is 8.18. The third-order valence-corrected chi connectivity index (χ3v) is 6.58. The Labute approximate surface area is 225 Å². The summed E-state index contributed by atoms with van der Waals surface area (Å²) in [6, 6.07) is 8.77. The first kappa shape index (κ1) is 30.1. The van der Waals surface area contributed by atoms with E-state index in [1.165, 1.54) is 0 Å². The Morgan fingerprint density at radius 1 is 1.28 bits per heavy atom. The van der Waals surface area contributed by atoms with E-state index in [9.17, 15) is 9.90 Å². The van der Waals surface area contributed by atoms with Crippen LogP contribution in [0.15, 0.2) is 58.9 Å². The molecule has 0 fully saturated rings. The molecule has 2 aromatic rings. The molecule has 0 radical (unpaired) electrons. The van der Waals surface area contributed by atoms with Gasteiger partial charge < -0.3 is 10.0 Å². The Morgan fingerprint density at radius 2 is 1.92 bits per heavy atom. The lowest BCUT2D eigenvalue weighted by molar-refractivity contribution is 0.000188. The number of allylic oxidation sites excluding steroid dienone is 3. The van der Waals surface area contributed by atoms with Crippen LogP contribution in [0.4, 0.5) is 5.82 Å². The predicted molar refractivity (Wildman–Crippen MR) is 151 cm³/mol. The fourth-order valence-corrected chi connectivity index (χ4v) is 4.33. The van der Waals surface area contributed by atoms with E-state index in [1.807, 2.05) is 46.0 Å². The summed E-state index contributed by atoms with van der Waals surface area (Å²) in [6.45, 7) is 10.6. The number of benzene rings is 1. The summed E-state index contributed by atoms with van der Waals surface area (Å²) in [5.41, 5.74) is 0.489. The lowest BCUT2D eigenvalue weighted by Crippen LogP contribution is -2.47. The van der Waals surface area contributed by atoms with Crippen molar-refractivity contribution >= 4 is 29.0 Å². The molecule has 7 nitrogen and oxygen atoms in total. The van der Waals surface area contributed by atoms with Crippen LogP contribution < -0.4 is 15.8 Å². The largest absolute Gasteiger partial charge is 0.365 e. The van der Waals surface area contributed by atoms with Gasteiger partial charge in [-0.3, -0.25) is 19.6 Å². The summed E-state index contributed by atoms with van der Waals surface area (Å²) < 4.78 is 1.61. The molecule has 1 aromatic carbocycles. The first-order valence-corrected chi connectivity index (χ1v) is 12.9. The molecule has 2 N–H and O–H groups in total. The number of aliphatic hydroxyl groups is 1. The smallest absolute Gasteiger partial charge is 0.260 e. The van der Waals surface area contributed by atoms with Crippen LogP contribution in [-0.2, 0) is 0 Å². The van der Waals surface area contributed by atoms with Crippen molar-refractivity contribution in [1.29, 1.82) is 0 Å². The molecule has 198 valence electrons. The highest BCUT2D eigenvalue weighted by molar-refractivity contribution is 6.30. The summed E-state index contributed by atoms with van der Waals surface area (Å²) in [5, 5.41) is 14.6. The van der Waals surface area contributed by atoms with Gasteiger partial charge >= 0.3 is 0 Å². The fraction of sp³-hybridized carbons (Fsp3) is 0.481. The van der Waals surface area contributed by atoms with Gasteiger partial charge in [0, 0.05) is 41.7 Å². The normalized spacial score (nSPS) is 15.4. The number of hydrogen-bond donors (Lipinski definition) is 2. The van der Waals surface area contributed by atoms with Gasteiger partial charge in [0.15, 0.2) is 6.35 Å². The molecular weight excluding hydrogens is 497 g/mol. The molecule has 0 amide bonds. The minimum absolute atomic E-state index is 0.0350. The van der Waals surface area contributed by atoms with Crippen molar-refractivity contribution in [3.63, 3.8) is 0 Å². The highest BCUT2D eigenvalue weighted by atomic mass is 35.5. The molecule has 1 aromatic heterocycles. The first-order chi connectivity index (χ1) is 17.0. The SMILES string of the molecule is C=CC(c1nc(N(C)CCC(CC)NC(O)N(C)C)cc(=O)n1-c1ccc(Cl)cc1)C(C)/C=C(\C)Cl. The molecule has 36 heavy (non-hydrogen) atoms. The molecule has 0 aliphatic carbocycles. The summed E-state index contributed by atoms with van der Waals surface area (Å²) in [6.07, 6.45) is 4.65. The van der Waals surface area contributed by atoms with Crippen molar-refractivity contribution in [3.8, 4) is 5.69 Å². The molecular formula is C27H39Cl2N5O2. The van der Waals surface area contributed by atoms with Crippen molar-refractivity contribution < 1.29 is 5.11 Å². The van der Waals surface area contributed by atoms with Crippen LogP contribution in [-0.4, -0.2) is 59.6 Å². The second-order valence-corrected chi connectivity index (χ2v) is 10.3. The number of rotatable bonds is 13. The quantitative estimate of drug-likeness (QED) is 0.278. The molecule has 4 atom stereocenters. The van der Waals surface area contributed by atoms with Crippen molar-refractivity contribution in [3.05, 3.63) is 75.3 Å². The maximum atomic E-state index is 13.5. The van der Waals surface area contributed by atoms with Crippen LogP contribution in [0, 0.1) is 5.92 Å². The zero-order valence-corrected chi connectivity index (χ0v) is 23.6. The van der Waals surface area contributed by atoms with Crippen LogP contribution in [0.2, 0.25) is 5.02 Å². The van der Waals surface area contributed by atoms with Gasteiger partial charge in [0.05, 0.1) is 5.69 Å². The Kier molecular flexibility index (Phi) is 11.7. The molecule has 0 spiro atoms. The van der Waals surface area contributed by atoms with Crippen molar-refractivity contribution in [2.75, 3.05) is 32.6 Å². The second kappa shape index (κ2) is 14.0. The van der Waals surface area contributed by atoms with Crippen molar-refractivity contribution in [2.24, 2.45) is 5.92 Å². The van der Waals surface area contributed by atoms with E-state index in [2.05, 4.69) is 18.8 Å². The van der Waals surface area contributed by atoms with E-state index in [1.54, 1.807) is 45.9 Å². The zero-order valence-electron chi connectivity index (χ0n) is 22.1. The average Bonchev–Trinajstić information content (AvgIpc) is 2.81. The standard InChI is InChI=1S/C27H39Cl2N5O2/c1-8-21(30-27(36)32(5)6)14-15-33(7)24-17-25(35)34(22-12-10-20(29)11-13-22)26(31-24)23(9-2)18(3)16-19(4)28/h9-13,16-18,21,23,27,30,36H,2,8,14-15H2,1,3-7H3/b19-16+. The van der Waals surface area contributed by atoms with Crippen LogP contribution in [0.3, 0.4) is 0 Å². The molecule has 0 aliphatic heterocycles. The van der Waals surface area contributed by atoms with Gasteiger partial charge in [-0.2, -0.15) is 0 Å². The van der Waals surface area contributed by atoms with E-state index < -0.39 is 6.35 Å². The Morgan fingerprint density at radius 3 is 2.44 bits per heavy atom. The summed E-state index contributed by atoms with van der Waals surface area (Å²) in [5.74, 6) is 0.869. The van der Waals surface area contributed by atoms with Gasteiger partial charge in [0.2, 0.25) is 0 Å². The molecule has 4 unspecified atom stereocenters. The molecule has 0 saturated heterocycles. The van der Waals surface area contributed by atoms with Crippen LogP contribution in [0.1, 0.15) is 45.4 Å². The van der Waals surface area contributed by atoms with Crippen LogP contribution in [0.25, 0.3) is 5.69 Å². The van der Waals surface area contributed by atoms with Crippen LogP contribution >= 0.6 is 23.2 Å². The van der Waals surface area contributed by atoms with Gasteiger partial charge in [-0.25, -0.2) is 4.98 Å². The average molecular weight is 537 g/mol. The molecule has 2 rings (SSSR count). The summed E-state index contributed by atoms with van der Waals surface area (Å²) in [7, 11) is 5.55. The van der Waals surface area contributed by atoms with E-state index in [4.69, 9.17) is 28.2 Å². The van der Waals surface area contributed by atoms with Crippen molar-refractivity contribution in [2.45, 2.75) is 51.9 Å². The van der Waals surface area contributed by atoms with Gasteiger partial charge in [-0.1, -0.05) is 49.2 Å². The number of nitrogens with one attached hydrogen (secondary N) is 1. The molecule has 0 aliphatic rings. The topological polar surface area (TPSA) is 73.6 Å². The number of anilines is 1. The molecule has 9 heteroatoms.